The molecule has 0 radical (unpaired) electrons. The Balaban J connectivity index is 1.50. The van der Waals surface area contributed by atoms with Crippen LogP contribution in [0.5, 0.6) is 5.75 Å². The van der Waals surface area contributed by atoms with E-state index in [1.807, 2.05) is 47.0 Å². The Morgan fingerprint density at radius 2 is 1.64 bits per heavy atom. The van der Waals surface area contributed by atoms with Crippen LogP contribution in [0.2, 0.25) is 0 Å². The van der Waals surface area contributed by atoms with Gasteiger partial charge < -0.3 is 31.8 Å². The highest BCUT2D eigenvalue weighted by molar-refractivity contribution is 7.99. The summed E-state index contributed by atoms with van der Waals surface area (Å²) in [5.41, 5.74) is 20.0. The summed E-state index contributed by atoms with van der Waals surface area (Å²) in [4.78, 5) is 37.1. The molecule has 4 aromatic carbocycles. The van der Waals surface area contributed by atoms with E-state index < -0.39 is 11.9 Å². The number of fused-ring (bicyclic) bond motifs is 1. The molecule has 0 spiro atoms. The average Bonchev–Trinajstić information content (AvgIpc) is 3.40. The van der Waals surface area contributed by atoms with Crippen molar-refractivity contribution in [2.45, 2.75) is 28.7 Å². The van der Waals surface area contributed by atoms with Gasteiger partial charge >= 0.3 is 0 Å². The number of carbonyl (C=O) groups excluding carboxylic acids is 2. The number of methoxy groups -OCH3 is 1. The normalized spacial score (nSPS) is 11.6. The van der Waals surface area contributed by atoms with E-state index in [9.17, 15) is 9.59 Å². The number of aliphatic imine (C=N–C) groups is 1. The van der Waals surface area contributed by atoms with Crippen LogP contribution >= 0.6 is 11.8 Å². The minimum Gasteiger partial charge on any atom is -0.497 e. The quantitative estimate of drug-likeness (QED) is 0.0861. The molecule has 5 rings (SSSR count). The number of benzene rings is 4. The molecule has 7 N–H and O–H groups in total. The molecule has 1 atom stereocenters. The minimum atomic E-state index is -0.721. The van der Waals surface area contributed by atoms with Crippen molar-refractivity contribution >= 4 is 46.3 Å². The standard InChI is InChI=1S/C33H33N7O3S/c1-43-24-14-12-23(13-15-24)38-32(42)22-11-18-28-27(20-22)39-31(40(28)29(30(34)41)8-5-19-37-33(35)36)21-9-16-26(17-10-21)44-25-6-3-2-4-7-25/h2-4,6-7,9-18,20,29H,5,8,19H2,1H3,(H2,34,41)(H,38,42)(H4,35,36,37)/t29-/m1/s1. The third kappa shape index (κ3) is 7.19. The van der Waals surface area contributed by atoms with Gasteiger partial charge in [-0.1, -0.05) is 42.1 Å². The number of imidazole rings is 1. The van der Waals surface area contributed by atoms with Crippen molar-refractivity contribution in [1.82, 2.24) is 9.55 Å². The molecule has 0 aliphatic carbocycles. The number of ether oxygens (including phenoxy) is 1. The Morgan fingerprint density at radius 3 is 2.30 bits per heavy atom. The summed E-state index contributed by atoms with van der Waals surface area (Å²) in [5, 5.41) is 2.90. The fourth-order valence-electron chi connectivity index (χ4n) is 4.82. The number of amides is 2. The number of hydrogen-bond acceptors (Lipinski definition) is 6. The number of aromatic nitrogens is 2. The molecular weight excluding hydrogens is 574 g/mol. The fourth-order valence-corrected chi connectivity index (χ4v) is 5.66. The Labute approximate surface area is 259 Å². The molecule has 0 saturated heterocycles. The molecule has 0 saturated carbocycles. The van der Waals surface area contributed by atoms with E-state index in [-0.39, 0.29) is 11.9 Å². The smallest absolute Gasteiger partial charge is 0.255 e. The highest BCUT2D eigenvalue weighted by Gasteiger charge is 2.25. The van der Waals surface area contributed by atoms with E-state index in [4.69, 9.17) is 26.9 Å². The predicted molar refractivity (Wildman–Crippen MR) is 175 cm³/mol. The maximum Gasteiger partial charge on any atom is 0.255 e. The van der Waals surface area contributed by atoms with Gasteiger partial charge in [-0.05, 0) is 79.6 Å². The molecule has 10 nitrogen and oxygen atoms in total. The Kier molecular flexibility index (Phi) is 9.46. The number of nitrogens with one attached hydrogen (secondary N) is 1. The summed E-state index contributed by atoms with van der Waals surface area (Å²) in [6.07, 6.45) is 0.922. The number of guanidine groups is 1. The first-order chi connectivity index (χ1) is 21.3. The Morgan fingerprint density at radius 1 is 0.932 bits per heavy atom. The van der Waals surface area contributed by atoms with Crippen molar-refractivity contribution in [2.24, 2.45) is 22.2 Å². The summed E-state index contributed by atoms with van der Waals surface area (Å²) >= 11 is 1.65. The average molecular weight is 608 g/mol. The number of carbonyl (C=O) groups is 2. The van der Waals surface area contributed by atoms with Crippen LogP contribution in [0.4, 0.5) is 5.69 Å². The number of anilines is 1. The topological polar surface area (TPSA) is 164 Å². The van der Waals surface area contributed by atoms with Gasteiger partial charge in [0, 0.05) is 33.2 Å². The lowest BCUT2D eigenvalue weighted by Gasteiger charge is -2.19. The van der Waals surface area contributed by atoms with E-state index >= 15 is 0 Å². The maximum absolute atomic E-state index is 13.1. The molecule has 0 fully saturated rings. The van der Waals surface area contributed by atoms with Crippen molar-refractivity contribution in [3.8, 4) is 17.1 Å². The third-order valence-electron chi connectivity index (χ3n) is 6.96. The van der Waals surface area contributed by atoms with E-state index in [1.54, 1.807) is 61.3 Å². The summed E-state index contributed by atoms with van der Waals surface area (Å²) < 4.78 is 7.04. The van der Waals surface area contributed by atoms with Crippen molar-refractivity contribution < 1.29 is 14.3 Å². The summed E-state index contributed by atoms with van der Waals surface area (Å²) in [5.74, 6) is 0.446. The van der Waals surface area contributed by atoms with Crippen molar-refractivity contribution in [3.05, 3.63) is 103 Å². The Hall–Kier alpha value is -5.29. The van der Waals surface area contributed by atoms with E-state index in [2.05, 4.69) is 22.4 Å². The lowest BCUT2D eigenvalue weighted by Crippen LogP contribution is -2.27. The molecule has 0 aliphatic heterocycles. The second-order valence-electron chi connectivity index (χ2n) is 10.00. The monoisotopic (exact) mass is 607 g/mol. The molecule has 11 heteroatoms. The van der Waals surface area contributed by atoms with Crippen LogP contribution < -0.4 is 27.3 Å². The molecule has 0 aliphatic rings. The molecule has 224 valence electrons. The predicted octanol–water partition coefficient (Wildman–Crippen LogP) is 5.20. The maximum atomic E-state index is 13.1. The van der Waals surface area contributed by atoms with Crippen LogP contribution in [0.1, 0.15) is 29.2 Å². The van der Waals surface area contributed by atoms with Gasteiger partial charge in [0.2, 0.25) is 5.91 Å². The molecule has 5 aromatic rings. The molecule has 1 aromatic heterocycles. The third-order valence-corrected chi connectivity index (χ3v) is 7.98. The second kappa shape index (κ2) is 13.8. The van der Waals surface area contributed by atoms with Crippen molar-refractivity contribution in [1.29, 1.82) is 0 Å². The number of primary amides is 1. The number of rotatable bonds is 12. The zero-order valence-corrected chi connectivity index (χ0v) is 25.0. The van der Waals surface area contributed by atoms with Gasteiger partial charge in [-0.15, -0.1) is 0 Å². The number of nitrogens with zero attached hydrogens (tertiary/aromatic N) is 3. The SMILES string of the molecule is COc1ccc(NC(=O)c2ccc3c(c2)nc(-c2ccc(Sc4ccccc4)cc2)n3[C@H](CCCN=C(N)N)C(N)=O)cc1. The second-order valence-corrected chi connectivity index (χ2v) is 11.1. The Bertz CT molecular complexity index is 1780. The fraction of sp³-hybridized carbons (Fsp3) is 0.152. The zero-order valence-electron chi connectivity index (χ0n) is 24.1. The first kappa shape index (κ1) is 30.2. The van der Waals surface area contributed by atoms with Crippen LogP contribution in [-0.4, -0.2) is 41.0 Å². The van der Waals surface area contributed by atoms with Crippen LogP contribution in [0.3, 0.4) is 0 Å². The van der Waals surface area contributed by atoms with Gasteiger partial charge in [0.15, 0.2) is 5.96 Å². The molecular formula is C33H33N7O3S. The molecule has 0 unspecified atom stereocenters. The first-order valence-corrected chi connectivity index (χ1v) is 14.8. The van der Waals surface area contributed by atoms with Gasteiger partial charge in [0.1, 0.15) is 17.6 Å². The van der Waals surface area contributed by atoms with Crippen LogP contribution in [-0.2, 0) is 4.79 Å². The van der Waals surface area contributed by atoms with Gasteiger partial charge in [-0.2, -0.15) is 0 Å². The van der Waals surface area contributed by atoms with Gasteiger partial charge in [0.25, 0.3) is 5.91 Å². The van der Waals surface area contributed by atoms with Crippen LogP contribution in [0.15, 0.2) is 112 Å². The molecule has 44 heavy (non-hydrogen) atoms. The molecule has 1 heterocycles. The lowest BCUT2D eigenvalue weighted by molar-refractivity contribution is -0.121. The number of nitrogens with two attached hydrogens (primary N) is 3. The van der Waals surface area contributed by atoms with Crippen molar-refractivity contribution in [3.63, 3.8) is 0 Å². The van der Waals surface area contributed by atoms with Gasteiger partial charge in [0.05, 0.1) is 18.1 Å². The van der Waals surface area contributed by atoms with Crippen LogP contribution in [0, 0.1) is 0 Å². The van der Waals surface area contributed by atoms with E-state index in [0.717, 1.165) is 15.4 Å². The van der Waals surface area contributed by atoms with Crippen LogP contribution in [0.25, 0.3) is 22.4 Å². The first-order valence-electron chi connectivity index (χ1n) is 14.0. The molecule has 2 amide bonds. The summed E-state index contributed by atoms with van der Waals surface area (Å²) in [6, 6.07) is 29.6. The lowest BCUT2D eigenvalue weighted by atomic mass is 10.1. The minimum absolute atomic E-state index is 0.0108. The van der Waals surface area contributed by atoms with Gasteiger partial charge in [-0.3, -0.25) is 14.6 Å². The van der Waals surface area contributed by atoms with E-state index in [0.29, 0.717) is 53.2 Å². The summed E-state index contributed by atoms with van der Waals surface area (Å²) in [7, 11) is 1.58. The largest absolute Gasteiger partial charge is 0.497 e. The van der Waals surface area contributed by atoms with E-state index in [1.165, 1.54) is 0 Å². The molecule has 0 bridgehead atoms. The number of hydrogen-bond donors (Lipinski definition) is 4. The van der Waals surface area contributed by atoms with Gasteiger partial charge in [-0.25, -0.2) is 4.98 Å². The van der Waals surface area contributed by atoms with Crippen molar-refractivity contribution in [2.75, 3.05) is 19.0 Å². The highest BCUT2D eigenvalue weighted by atomic mass is 32.2. The zero-order chi connectivity index (χ0) is 31.1. The highest BCUT2D eigenvalue weighted by Crippen LogP contribution is 2.34. The summed E-state index contributed by atoms with van der Waals surface area (Å²) in [6.45, 7) is 0.356.